The zero-order valence-electron chi connectivity index (χ0n) is 47.2. The smallest absolute Gasteiger partial charge is 0.410 e. The van der Waals surface area contributed by atoms with Gasteiger partial charge in [0.25, 0.3) is 0 Å². The van der Waals surface area contributed by atoms with Crippen LogP contribution >= 0.6 is 0 Å². The first kappa shape index (κ1) is 60.1. The van der Waals surface area contributed by atoms with E-state index >= 15 is 0 Å². The lowest BCUT2D eigenvalue weighted by Gasteiger charge is -2.42. The summed E-state index contributed by atoms with van der Waals surface area (Å²) in [5.41, 5.74) is 1.09. The summed E-state index contributed by atoms with van der Waals surface area (Å²) in [6.07, 6.45) is 12.0. The third-order valence-corrected chi connectivity index (χ3v) is 14.7. The molecule has 6 rings (SSSR count). The number of hydrogen-bond acceptors (Lipinski definition) is 12. The highest BCUT2D eigenvalue weighted by molar-refractivity contribution is 5.79. The average molecular weight is 1020 g/mol. The molecule has 2 aliphatic carbocycles. The summed E-state index contributed by atoms with van der Waals surface area (Å²) in [4.78, 5) is 43.4. The Kier molecular flexibility index (Phi) is 23.4. The number of nitrogens with zero attached hydrogens (tertiary/aromatic N) is 3. The molecule has 4 aliphatic rings. The van der Waals surface area contributed by atoms with E-state index < -0.39 is 16.7 Å². The predicted octanol–water partition coefficient (Wildman–Crippen LogP) is 11.3. The fourth-order valence-electron chi connectivity index (χ4n) is 11.2. The van der Waals surface area contributed by atoms with Gasteiger partial charge in [0.1, 0.15) is 16.7 Å². The predicted molar refractivity (Wildman–Crippen MR) is 287 cm³/mol. The summed E-state index contributed by atoms with van der Waals surface area (Å²) in [5, 5.41) is 3.42. The van der Waals surface area contributed by atoms with Crippen LogP contribution in [0.4, 0.5) is 9.59 Å². The van der Waals surface area contributed by atoms with Crippen LogP contribution in [0.3, 0.4) is 0 Å². The van der Waals surface area contributed by atoms with Gasteiger partial charge in [-0.1, -0.05) is 60.7 Å². The van der Waals surface area contributed by atoms with Crippen LogP contribution in [-0.2, 0) is 51.0 Å². The van der Waals surface area contributed by atoms with Crippen LogP contribution in [0.25, 0.3) is 0 Å². The molecule has 2 aromatic carbocycles. The molecule has 2 amide bonds. The SMILES string of the molecule is COC(=O)C(C)(C)NC1CCC(OCCOC2C[C@@H](C)N(C(=O)OC(C)(C)C)[C@@H](C)C2)CC1.C[C@@H]1CC(OCCOC2CCC(N(Cc3ccccc3)Cc3ccccc3)CC2)C[C@H](C)N1C(=O)OC(C)(C)C. The van der Waals surface area contributed by atoms with Crippen LogP contribution in [0.2, 0.25) is 0 Å². The van der Waals surface area contributed by atoms with Gasteiger partial charge < -0.3 is 43.0 Å². The first-order valence-corrected chi connectivity index (χ1v) is 27.7. The highest BCUT2D eigenvalue weighted by Gasteiger charge is 2.39. The van der Waals surface area contributed by atoms with Crippen LogP contribution in [0, 0.1) is 0 Å². The van der Waals surface area contributed by atoms with E-state index in [-0.39, 0.29) is 60.6 Å². The normalized spacial score (nSPS) is 27.2. The summed E-state index contributed by atoms with van der Waals surface area (Å²) in [7, 11) is 1.42. The maximum absolute atomic E-state index is 12.7. The minimum absolute atomic E-state index is 0.0755. The molecule has 73 heavy (non-hydrogen) atoms. The van der Waals surface area contributed by atoms with Crippen molar-refractivity contribution in [2.24, 2.45) is 0 Å². The number of rotatable bonds is 18. The number of piperidine rings is 2. The van der Waals surface area contributed by atoms with E-state index in [0.717, 1.165) is 90.1 Å². The van der Waals surface area contributed by atoms with Gasteiger partial charge in [-0.3, -0.25) is 15.0 Å². The number of carbonyl (C=O) groups is 3. The second-order valence-corrected chi connectivity index (χ2v) is 23.9. The van der Waals surface area contributed by atoms with Crippen molar-refractivity contribution in [3.05, 3.63) is 71.8 Å². The van der Waals surface area contributed by atoms with Crippen molar-refractivity contribution in [3.8, 4) is 0 Å². The molecule has 14 heteroatoms. The van der Waals surface area contributed by atoms with Crippen LogP contribution in [0.15, 0.2) is 60.7 Å². The Balaban J connectivity index is 0.000000276. The van der Waals surface area contributed by atoms with E-state index in [0.29, 0.717) is 44.6 Å². The zero-order chi connectivity index (χ0) is 53.3. The zero-order valence-corrected chi connectivity index (χ0v) is 47.2. The molecule has 2 saturated heterocycles. The van der Waals surface area contributed by atoms with Crippen molar-refractivity contribution in [1.82, 2.24) is 20.0 Å². The van der Waals surface area contributed by atoms with Crippen molar-refractivity contribution in [1.29, 1.82) is 0 Å². The van der Waals surface area contributed by atoms with Crippen LogP contribution in [0.1, 0.15) is 171 Å². The monoisotopic (exact) mass is 1020 g/mol. The Labute approximate surface area is 440 Å². The van der Waals surface area contributed by atoms with Gasteiger partial charge >= 0.3 is 18.2 Å². The molecule has 4 fully saturated rings. The molecule has 2 aromatic rings. The first-order valence-electron chi connectivity index (χ1n) is 27.7. The van der Waals surface area contributed by atoms with Gasteiger partial charge in [0, 0.05) is 49.3 Å². The standard InChI is InChI=1S/C34H50N2O4.C25H46N2O6/c1-26-22-32(23-27(2)36(26)33(37)40-34(3,4)5)39-21-20-38-31-18-16-30(17-19-31)35(24-28-12-8-6-9-13-28)25-29-14-10-7-11-15-29;1-17-15-21(16-18(2)27(17)23(29)33-24(3,4)5)32-14-13-31-20-11-9-19(10-12-20)26-25(6,7)22(28)30-8/h6-15,26-27,30-32H,16-25H2,1-5H3;17-21,26H,9-16H2,1-8H3/t26-,27+,30?,31?,32?;17-,18+,19?,20?,21?. The summed E-state index contributed by atoms with van der Waals surface area (Å²) < 4.78 is 40.7. The number of amides is 2. The summed E-state index contributed by atoms with van der Waals surface area (Å²) >= 11 is 0. The van der Waals surface area contributed by atoms with Crippen molar-refractivity contribution < 1.29 is 47.5 Å². The molecule has 2 unspecified atom stereocenters. The second kappa shape index (κ2) is 28.4. The number of benzene rings is 2. The highest BCUT2D eigenvalue weighted by atomic mass is 16.6. The van der Waals surface area contributed by atoms with Crippen LogP contribution in [-0.4, -0.2) is 144 Å². The van der Waals surface area contributed by atoms with E-state index in [9.17, 15) is 14.4 Å². The Morgan fingerprint density at radius 3 is 1.21 bits per heavy atom. The minimum atomic E-state index is -0.672. The molecule has 0 aromatic heterocycles. The first-order chi connectivity index (χ1) is 34.5. The fraction of sp³-hybridized carbons (Fsp3) is 0.746. The molecule has 412 valence electrons. The lowest BCUT2D eigenvalue weighted by molar-refractivity contribution is -0.147. The van der Waals surface area contributed by atoms with Crippen LogP contribution < -0.4 is 5.32 Å². The number of likely N-dealkylation sites (tertiary alicyclic amines) is 2. The third kappa shape index (κ3) is 20.4. The van der Waals surface area contributed by atoms with E-state index in [1.165, 1.54) is 18.2 Å². The van der Waals surface area contributed by atoms with Crippen molar-refractivity contribution in [2.45, 2.75) is 251 Å². The molecule has 1 N–H and O–H groups in total. The Bertz CT molecular complexity index is 1860. The molecule has 2 saturated carbocycles. The Morgan fingerprint density at radius 2 is 0.863 bits per heavy atom. The summed E-state index contributed by atoms with van der Waals surface area (Å²) in [6, 6.07) is 22.8. The molecule has 6 atom stereocenters. The lowest BCUT2D eigenvalue weighted by Crippen LogP contribution is -2.53. The van der Waals surface area contributed by atoms with Gasteiger partial charge in [-0.05, 0) is 171 Å². The Hall–Kier alpha value is -3.79. The fourth-order valence-corrected chi connectivity index (χ4v) is 11.2. The van der Waals surface area contributed by atoms with Gasteiger partial charge in [-0.25, -0.2) is 9.59 Å². The van der Waals surface area contributed by atoms with Gasteiger partial charge in [0.2, 0.25) is 0 Å². The van der Waals surface area contributed by atoms with Crippen molar-refractivity contribution >= 4 is 18.2 Å². The maximum atomic E-state index is 12.7. The Morgan fingerprint density at radius 1 is 0.521 bits per heavy atom. The van der Waals surface area contributed by atoms with Gasteiger partial charge in [-0.15, -0.1) is 0 Å². The van der Waals surface area contributed by atoms with E-state index in [1.54, 1.807) is 0 Å². The van der Waals surface area contributed by atoms with E-state index in [4.69, 9.17) is 33.2 Å². The van der Waals surface area contributed by atoms with E-state index in [2.05, 4.69) is 98.6 Å². The lowest BCUT2D eigenvalue weighted by atomic mass is 9.90. The molecular weight excluding hydrogens is 925 g/mol. The van der Waals surface area contributed by atoms with Crippen molar-refractivity contribution in [3.63, 3.8) is 0 Å². The largest absolute Gasteiger partial charge is 0.468 e. The number of nitrogens with one attached hydrogen (secondary N) is 1. The molecule has 0 bridgehead atoms. The summed E-state index contributed by atoms with van der Waals surface area (Å²) in [5.74, 6) is -0.237. The quantitative estimate of drug-likeness (QED) is 0.0864. The molecule has 0 spiro atoms. The molecule has 2 aliphatic heterocycles. The van der Waals surface area contributed by atoms with Crippen molar-refractivity contribution in [2.75, 3.05) is 33.5 Å². The highest BCUT2D eigenvalue weighted by Crippen LogP contribution is 2.31. The molecular formula is C59H96N4O10. The maximum Gasteiger partial charge on any atom is 0.410 e. The van der Waals surface area contributed by atoms with E-state index in [1.807, 2.05) is 65.2 Å². The summed E-state index contributed by atoms with van der Waals surface area (Å²) in [6.45, 7) is 27.7. The second-order valence-electron chi connectivity index (χ2n) is 23.9. The molecule has 0 radical (unpaired) electrons. The van der Waals surface area contributed by atoms with Crippen LogP contribution in [0.5, 0.6) is 0 Å². The van der Waals surface area contributed by atoms with Gasteiger partial charge in [-0.2, -0.15) is 0 Å². The minimum Gasteiger partial charge on any atom is -0.468 e. The van der Waals surface area contributed by atoms with Gasteiger partial charge in [0.05, 0.1) is 58.0 Å². The number of carbonyl (C=O) groups excluding carboxylic acids is 3. The number of ether oxygens (including phenoxy) is 7. The third-order valence-electron chi connectivity index (χ3n) is 14.7. The molecule has 14 nitrogen and oxygen atoms in total. The number of esters is 1. The average Bonchev–Trinajstić information content (AvgIpc) is 3.31. The van der Waals surface area contributed by atoms with Gasteiger partial charge in [0.15, 0.2) is 0 Å². The number of hydrogen-bond donors (Lipinski definition) is 1. The molecule has 2 heterocycles. The topological polar surface area (TPSA) is 138 Å². The number of methoxy groups -OCH3 is 1.